The maximum atomic E-state index is 6.40. The molecule has 0 amide bonds. The Kier molecular flexibility index (Phi) is 3.91. The van der Waals surface area contributed by atoms with Crippen molar-refractivity contribution in [3.8, 4) is 27.9 Å². The van der Waals surface area contributed by atoms with E-state index in [1.807, 2.05) is 0 Å². The monoisotopic (exact) mass is 443 g/mol. The van der Waals surface area contributed by atoms with Gasteiger partial charge in [0, 0.05) is 21.9 Å². The number of hydrogen-bond acceptors (Lipinski definition) is 2. The summed E-state index contributed by atoms with van der Waals surface area (Å²) in [6, 6.07) is 30.8. The largest absolute Gasteiger partial charge is 0.494 e. The smallest absolute Gasteiger partial charge is 0.399 e. The van der Waals surface area contributed by atoms with Crippen LogP contribution in [0.1, 0.15) is 27.7 Å². The van der Waals surface area contributed by atoms with Crippen LogP contribution in [0.4, 0.5) is 0 Å². The zero-order valence-corrected chi connectivity index (χ0v) is 19.9. The number of fused-ring (bicyclic) bond motifs is 8. The summed E-state index contributed by atoms with van der Waals surface area (Å²) in [4.78, 5) is 0. The van der Waals surface area contributed by atoms with E-state index in [1.165, 1.54) is 49.7 Å². The summed E-state index contributed by atoms with van der Waals surface area (Å²) < 4.78 is 15.2. The summed E-state index contributed by atoms with van der Waals surface area (Å²) in [5.41, 5.74) is 8.98. The first-order chi connectivity index (χ1) is 16.4. The highest BCUT2D eigenvalue weighted by Gasteiger charge is 2.51. The first-order valence-corrected chi connectivity index (χ1v) is 12.0. The molecular formula is C30H26BNO2. The summed E-state index contributed by atoms with van der Waals surface area (Å²) in [5.74, 6) is 0. The molecule has 4 heteroatoms. The molecule has 3 nitrogen and oxygen atoms in total. The number of nitrogens with zero attached hydrogens (tertiary/aromatic N) is 1. The van der Waals surface area contributed by atoms with Gasteiger partial charge < -0.3 is 13.9 Å². The van der Waals surface area contributed by atoms with Crippen molar-refractivity contribution in [3.63, 3.8) is 0 Å². The van der Waals surface area contributed by atoms with Crippen molar-refractivity contribution < 1.29 is 9.31 Å². The highest BCUT2D eigenvalue weighted by Crippen LogP contribution is 2.46. The fourth-order valence-corrected chi connectivity index (χ4v) is 5.53. The SMILES string of the molecule is CC1(C)OB(c2ccc3c4cccc5c4n(c3c2)-c2ccccc2-c2ccccc2-5)OC1(C)C. The molecule has 4 aromatic carbocycles. The highest BCUT2D eigenvalue weighted by molar-refractivity contribution is 6.62. The van der Waals surface area contributed by atoms with Gasteiger partial charge in [0.1, 0.15) is 0 Å². The van der Waals surface area contributed by atoms with E-state index in [4.69, 9.17) is 9.31 Å². The molecule has 1 fully saturated rings. The summed E-state index contributed by atoms with van der Waals surface area (Å²) in [6.45, 7) is 8.41. The van der Waals surface area contributed by atoms with Gasteiger partial charge in [0.25, 0.3) is 0 Å². The fourth-order valence-electron chi connectivity index (χ4n) is 5.53. The highest BCUT2D eigenvalue weighted by atomic mass is 16.7. The molecule has 0 unspecified atom stereocenters. The topological polar surface area (TPSA) is 23.4 Å². The Bertz CT molecular complexity index is 1610. The van der Waals surface area contributed by atoms with Crippen molar-refractivity contribution >= 4 is 34.4 Å². The van der Waals surface area contributed by atoms with E-state index in [2.05, 4.69) is 117 Å². The normalized spacial score (nSPS) is 17.6. The summed E-state index contributed by atoms with van der Waals surface area (Å²) >= 11 is 0. The van der Waals surface area contributed by atoms with Gasteiger partial charge in [-0.1, -0.05) is 72.8 Å². The minimum Gasteiger partial charge on any atom is -0.399 e. The molecule has 2 aliphatic rings. The predicted octanol–water partition coefficient (Wildman–Crippen LogP) is 6.73. The molecule has 2 aliphatic heterocycles. The van der Waals surface area contributed by atoms with Crippen LogP contribution >= 0.6 is 0 Å². The third-order valence-electron chi connectivity index (χ3n) is 7.99. The van der Waals surface area contributed by atoms with Crippen LogP contribution in [0, 0.1) is 0 Å². The van der Waals surface area contributed by atoms with Crippen LogP contribution in [0.25, 0.3) is 49.7 Å². The molecule has 0 spiro atoms. The molecule has 3 heterocycles. The van der Waals surface area contributed by atoms with E-state index in [0.29, 0.717) is 0 Å². The zero-order chi connectivity index (χ0) is 23.2. The lowest BCUT2D eigenvalue weighted by Crippen LogP contribution is -2.41. The summed E-state index contributed by atoms with van der Waals surface area (Å²) in [7, 11) is -0.391. The van der Waals surface area contributed by atoms with Crippen molar-refractivity contribution in [2.45, 2.75) is 38.9 Å². The van der Waals surface area contributed by atoms with E-state index < -0.39 is 7.12 Å². The van der Waals surface area contributed by atoms with Gasteiger partial charge >= 0.3 is 7.12 Å². The average Bonchev–Trinajstić information content (AvgIpc) is 3.22. The fraction of sp³-hybridized carbons (Fsp3) is 0.200. The maximum absolute atomic E-state index is 6.40. The Balaban J connectivity index is 1.57. The van der Waals surface area contributed by atoms with Crippen LogP contribution in [0.5, 0.6) is 0 Å². The summed E-state index contributed by atoms with van der Waals surface area (Å²) in [5, 5.41) is 2.51. The Labute approximate surface area is 200 Å². The third kappa shape index (κ3) is 2.55. The van der Waals surface area contributed by atoms with Crippen LogP contribution < -0.4 is 5.46 Å². The molecule has 0 aliphatic carbocycles. The first-order valence-electron chi connectivity index (χ1n) is 12.0. The number of aromatic nitrogens is 1. The molecule has 0 saturated carbocycles. The van der Waals surface area contributed by atoms with Gasteiger partial charge in [-0.15, -0.1) is 0 Å². The van der Waals surface area contributed by atoms with Gasteiger partial charge in [-0.3, -0.25) is 0 Å². The van der Waals surface area contributed by atoms with Gasteiger partial charge in [-0.2, -0.15) is 0 Å². The lowest BCUT2D eigenvalue weighted by Gasteiger charge is -2.32. The Morgan fingerprint density at radius 1 is 0.618 bits per heavy atom. The molecule has 5 aromatic rings. The van der Waals surface area contributed by atoms with Crippen molar-refractivity contribution in [1.82, 2.24) is 4.57 Å². The van der Waals surface area contributed by atoms with Gasteiger partial charge in [-0.05, 0) is 56.4 Å². The van der Waals surface area contributed by atoms with E-state index in [9.17, 15) is 0 Å². The number of rotatable bonds is 1. The van der Waals surface area contributed by atoms with Crippen LogP contribution in [-0.2, 0) is 9.31 Å². The molecule has 1 saturated heterocycles. The summed E-state index contributed by atoms with van der Waals surface area (Å²) in [6.07, 6.45) is 0. The van der Waals surface area contributed by atoms with E-state index in [0.717, 1.165) is 5.46 Å². The molecule has 0 N–H and O–H groups in total. The third-order valence-corrected chi connectivity index (χ3v) is 7.99. The average molecular weight is 443 g/mol. The van der Waals surface area contributed by atoms with E-state index in [-0.39, 0.29) is 11.2 Å². The van der Waals surface area contributed by atoms with E-state index >= 15 is 0 Å². The quantitative estimate of drug-likeness (QED) is 0.263. The van der Waals surface area contributed by atoms with Crippen molar-refractivity contribution in [3.05, 3.63) is 84.9 Å². The number of hydrogen-bond donors (Lipinski definition) is 0. The van der Waals surface area contributed by atoms with Crippen LogP contribution in [0.3, 0.4) is 0 Å². The Morgan fingerprint density at radius 2 is 1.24 bits per heavy atom. The van der Waals surface area contributed by atoms with Gasteiger partial charge in [0.15, 0.2) is 0 Å². The van der Waals surface area contributed by atoms with Gasteiger partial charge in [-0.25, -0.2) is 0 Å². The lowest BCUT2D eigenvalue weighted by molar-refractivity contribution is 0.00578. The van der Waals surface area contributed by atoms with Gasteiger partial charge in [0.2, 0.25) is 0 Å². The number of para-hydroxylation sites is 2. The molecule has 7 rings (SSSR count). The predicted molar refractivity (Wildman–Crippen MR) is 141 cm³/mol. The molecule has 34 heavy (non-hydrogen) atoms. The first kappa shape index (κ1) is 20.1. The second kappa shape index (κ2) is 6.62. The minimum atomic E-state index is -0.391. The molecular weight excluding hydrogens is 417 g/mol. The second-order valence-electron chi connectivity index (χ2n) is 10.5. The maximum Gasteiger partial charge on any atom is 0.494 e. The van der Waals surface area contributed by atoms with Crippen LogP contribution in [-0.4, -0.2) is 22.9 Å². The number of benzene rings is 4. The van der Waals surface area contributed by atoms with Crippen molar-refractivity contribution in [2.24, 2.45) is 0 Å². The Hall–Kier alpha value is -3.34. The van der Waals surface area contributed by atoms with Crippen molar-refractivity contribution in [2.75, 3.05) is 0 Å². The molecule has 0 atom stereocenters. The molecule has 0 radical (unpaired) electrons. The Morgan fingerprint density at radius 3 is 1.97 bits per heavy atom. The zero-order valence-electron chi connectivity index (χ0n) is 19.9. The molecule has 1 aromatic heterocycles. The standard InChI is InChI=1S/C30H26BNO2/c1-29(2)30(3,4)34-31(33-29)19-16-17-23-25-14-9-13-24-21-11-6-5-10-20(21)22-12-7-8-15-26(22)32(28(24)25)27(23)18-19/h5-18H,1-4H3. The van der Waals surface area contributed by atoms with Crippen LogP contribution in [0.15, 0.2) is 84.9 Å². The lowest BCUT2D eigenvalue weighted by atomic mass is 9.78. The molecule has 166 valence electrons. The second-order valence-corrected chi connectivity index (χ2v) is 10.5. The van der Waals surface area contributed by atoms with Crippen LogP contribution in [0.2, 0.25) is 0 Å². The molecule has 0 bridgehead atoms. The minimum absolute atomic E-state index is 0.371. The van der Waals surface area contributed by atoms with Gasteiger partial charge in [0.05, 0.1) is 27.9 Å². The van der Waals surface area contributed by atoms with Crippen molar-refractivity contribution in [1.29, 1.82) is 0 Å². The van der Waals surface area contributed by atoms with E-state index in [1.54, 1.807) is 0 Å².